The number of pyridine rings is 1. The van der Waals surface area contributed by atoms with Gasteiger partial charge in [0.05, 0.1) is 11.6 Å². The van der Waals surface area contributed by atoms with E-state index in [0.29, 0.717) is 17.9 Å². The van der Waals surface area contributed by atoms with Crippen LogP contribution in [0.4, 0.5) is 15.8 Å². The molecule has 3 unspecified atom stereocenters. The van der Waals surface area contributed by atoms with Gasteiger partial charge in [-0.15, -0.1) is 0 Å². The molecule has 148 valence electrons. The third-order valence-corrected chi connectivity index (χ3v) is 6.22. The van der Waals surface area contributed by atoms with Crippen LogP contribution < -0.4 is 10.6 Å². The van der Waals surface area contributed by atoms with Gasteiger partial charge in [-0.05, 0) is 55.2 Å². The van der Waals surface area contributed by atoms with Crippen molar-refractivity contribution in [3.05, 3.63) is 66.6 Å². The number of hydrogen-bond donors (Lipinski definition) is 2. The lowest BCUT2D eigenvalue weighted by Gasteiger charge is -2.26. The number of hydrogen-bond acceptors (Lipinski definition) is 4. The first-order valence-electron chi connectivity index (χ1n) is 10.0. The average molecular weight is 390 g/mol. The van der Waals surface area contributed by atoms with Gasteiger partial charge in [0.2, 0.25) is 5.91 Å². The van der Waals surface area contributed by atoms with E-state index in [-0.39, 0.29) is 17.8 Å². The Morgan fingerprint density at radius 2 is 1.90 bits per heavy atom. The van der Waals surface area contributed by atoms with Crippen LogP contribution in [0.3, 0.4) is 0 Å². The molecule has 1 saturated heterocycles. The van der Waals surface area contributed by atoms with E-state index < -0.39 is 0 Å². The Labute approximate surface area is 168 Å². The molecule has 1 aliphatic heterocycles. The van der Waals surface area contributed by atoms with Crippen molar-refractivity contribution in [3.8, 4) is 0 Å². The molecule has 3 aromatic rings. The summed E-state index contributed by atoms with van der Waals surface area (Å²) in [5, 5.41) is 7.38. The SMILES string of the molecule is CC(C(=O)Nc1ccccc1)N1CC2C(C1)C2Nc1ccnc2ccc(F)cc12. The van der Waals surface area contributed by atoms with Gasteiger partial charge in [0.25, 0.3) is 0 Å². The van der Waals surface area contributed by atoms with Crippen molar-refractivity contribution in [2.75, 3.05) is 23.7 Å². The molecule has 1 aromatic heterocycles. The third kappa shape index (κ3) is 3.44. The highest BCUT2D eigenvalue weighted by molar-refractivity contribution is 5.94. The molecule has 0 bridgehead atoms. The molecule has 2 heterocycles. The summed E-state index contributed by atoms with van der Waals surface area (Å²) in [5.41, 5.74) is 2.54. The molecule has 0 radical (unpaired) electrons. The minimum Gasteiger partial charge on any atom is -0.381 e. The highest BCUT2D eigenvalue weighted by Crippen LogP contribution is 2.48. The highest BCUT2D eigenvalue weighted by atomic mass is 19.1. The number of likely N-dealkylation sites (tertiary alicyclic amines) is 1. The van der Waals surface area contributed by atoms with Gasteiger partial charge in [-0.1, -0.05) is 18.2 Å². The Morgan fingerprint density at radius 3 is 2.66 bits per heavy atom. The number of carbonyl (C=O) groups excluding carboxylic acids is 1. The first-order chi connectivity index (χ1) is 14.1. The molecule has 5 rings (SSSR count). The van der Waals surface area contributed by atoms with Crippen molar-refractivity contribution in [1.82, 2.24) is 9.88 Å². The van der Waals surface area contributed by atoms with Gasteiger partial charge in [0.15, 0.2) is 0 Å². The van der Waals surface area contributed by atoms with E-state index in [1.165, 1.54) is 12.1 Å². The number of nitrogens with one attached hydrogen (secondary N) is 2. The fraction of sp³-hybridized carbons (Fsp3) is 0.304. The number of fused-ring (bicyclic) bond motifs is 2. The Hall–Kier alpha value is -2.99. The molecule has 2 fully saturated rings. The van der Waals surface area contributed by atoms with Crippen LogP contribution in [0.2, 0.25) is 0 Å². The monoisotopic (exact) mass is 390 g/mol. The Bertz CT molecular complexity index is 1050. The first-order valence-corrected chi connectivity index (χ1v) is 10.0. The number of carbonyl (C=O) groups is 1. The largest absolute Gasteiger partial charge is 0.381 e. The summed E-state index contributed by atoms with van der Waals surface area (Å²) in [6.45, 7) is 3.75. The Morgan fingerprint density at radius 1 is 1.14 bits per heavy atom. The number of halogens is 1. The molecular weight excluding hydrogens is 367 g/mol. The Kier molecular flexibility index (Phi) is 4.43. The molecule has 1 saturated carbocycles. The summed E-state index contributed by atoms with van der Waals surface area (Å²) in [6, 6.07) is 16.3. The fourth-order valence-electron chi connectivity index (χ4n) is 4.45. The maximum absolute atomic E-state index is 13.7. The summed E-state index contributed by atoms with van der Waals surface area (Å²) in [6.07, 6.45) is 1.75. The van der Waals surface area contributed by atoms with E-state index in [9.17, 15) is 9.18 Å². The van der Waals surface area contributed by atoms with Crippen LogP contribution in [0.15, 0.2) is 60.8 Å². The quantitative estimate of drug-likeness (QED) is 0.697. The lowest BCUT2D eigenvalue weighted by atomic mass is 10.1. The van der Waals surface area contributed by atoms with Crippen molar-refractivity contribution in [2.24, 2.45) is 11.8 Å². The molecule has 1 aliphatic carbocycles. The molecule has 6 heteroatoms. The van der Waals surface area contributed by atoms with Crippen molar-refractivity contribution in [2.45, 2.75) is 19.0 Å². The van der Waals surface area contributed by atoms with Crippen molar-refractivity contribution in [1.29, 1.82) is 0 Å². The zero-order chi connectivity index (χ0) is 20.0. The molecule has 5 nitrogen and oxygen atoms in total. The number of nitrogens with zero attached hydrogens (tertiary/aromatic N) is 2. The van der Waals surface area contributed by atoms with Crippen LogP contribution in [-0.2, 0) is 4.79 Å². The maximum Gasteiger partial charge on any atom is 0.241 e. The van der Waals surface area contributed by atoms with E-state index >= 15 is 0 Å². The van der Waals surface area contributed by atoms with Gasteiger partial charge in [-0.3, -0.25) is 14.7 Å². The highest BCUT2D eigenvalue weighted by Gasteiger charge is 2.56. The molecule has 29 heavy (non-hydrogen) atoms. The second-order valence-electron chi connectivity index (χ2n) is 8.00. The summed E-state index contributed by atoms with van der Waals surface area (Å²) in [5.74, 6) is 0.795. The van der Waals surface area contributed by atoms with Crippen molar-refractivity contribution < 1.29 is 9.18 Å². The van der Waals surface area contributed by atoms with Crippen LogP contribution in [0.25, 0.3) is 10.9 Å². The lowest BCUT2D eigenvalue weighted by Crippen LogP contribution is -2.43. The Balaban J connectivity index is 1.21. The van der Waals surface area contributed by atoms with E-state index in [0.717, 1.165) is 35.4 Å². The minimum atomic E-state index is -0.256. The van der Waals surface area contributed by atoms with Crippen LogP contribution in [-0.4, -0.2) is 41.0 Å². The second kappa shape index (κ2) is 7.12. The van der Waals surface area contributed by atoms with Crippen LogP contribution in [0.5, 0.6) is 0 Å². The maximum atomic E-state index is 13.7. The number of aromatic nitrogens is 1. The summed E-state index contributed by atoms with van der Waals surface area (Å²) in [7, 11) is 0. The first kappa shape index (κ1) is 18.1. The molecular formula is C23H23FN4O. The number of anilines is 2. The topological polar surface area (TPSA) is 57.3 Å². The summed E-state index contributed by atoms with van der Waals surface area (Å²) < 4.78 is 13.7. The summed E-state index contributed by atoms with van der Waals surface area (Å²) >= 11 is 0. The second-order valence-corrected chi connectivity index (χ2v) is 8.00. The van der Waals surface area contributed by atoms with Gasteiger partial charge in [-0.2, -0.15) is 0 Å². The van der Waals surface area contributed by atoms with Crippen LogP contribution in [0, 0.1) is 17.7 Å². The number of amides is 1. The fourth-order valence-corrected chi connectivity index (χ4v) is 4.45. The predicted octanol–water partition coefficient (Wildman–Crippen LogP) is 3.74. The molecule has 3 atom stereocenters. The van der Waals surface area contributed by atoms with Gasteiger partial charge >= 0.3 is 0 Å². The number of piperidine rings is 1. The minimum absolute atomic E-state index is 0.0256. The normalized spacial score (nSPS) is 24.1. The standard InChI is InChI=1S/C23H23FN4O/c1-14(23(29)26-16-5-3-2-4-6-16)28-12-18-19(13-28)22(18)27-21-9-10-25-20-8-7-15(24)11-17(20)21/h2-11,14,18-19,22H,12-13H2,1H3,(H,25,27)(H,26,29). The lowest BCUT2D eigenvalue weighted by molar-refractivity contribution is -0.120. The van der Waals surface area contributed by atoms with Crippen LogP contribution in [0.1, 0.15) is 6.92 Å². The van der Waals surface area contributed by atoms with Crippen molar-refractivity contribution >= 4 is 28.2 Å². The van der Waals surface area contributed by atoms with E-state index in [1.54, 1.807) is 12.3 Å². The van der Waals surface area contributed by atoms with Gasteiger partial charge in [0, 0.05) is 42.1 Å². The molecule has 0 spiro atoms. The zero-order valence-corrected chi connectivity index (χ0v) is 16.2. The number of rotatable bonds is 5. The van der Waals surface area contributed by atoms with E-state index in [2.05, 4.69) is 20.5 Å². The van der Waals surface area contributed by atoms with E-state index in [4.69, 9.17) is 0 Å². The van der Waals surface area contributed by atoms with Gasteiger partial charge in [-0.25, -0.2) is 4.39 Å². The summed E-state index contributed by atoms with van der Waals surface area (Å²) in [4.78, 5) is 19.1. The van der Waals surface area contributed by atoms with Crippen molar-refractivity contribution in [3.63, 3.8) is 0 Å². The third-order valence-electron chi connectivity index (χ3n) is 6.22. The predicted molar refractivity (Wildman–Crippen MR) is 112 cm³/mol. The number of benzene rings is 2. The van der Waals surface area contributed by atoms with Crippen LogP contribution >= 0.6 is 0 Å². The molecule has 2 N–H and O–H groups in total. The zero-order valence-electron chi connectivity index (χ0n) is 16.2. The van der Waals surface area contributed by atoms with Gasteiger partial charge < -0.3 is 10.6 Å². The molecule has 2 aliphatic rings. The smallest absolute Gasteiger partial charge is 0.241 e. The number of para-hydroxylation sites is 1. The molecule has 1 amide bonds. The van der Waals surface area contributed by atoms with Gasteiger partial charge in [0.1, 0.15) is 5.82 Å². The average Bonchev–Trinajstić information content (AvgIpc) is 3.17. The molecule has 2 aromatic carbocycles. The van der Waals surface area contributed by atoms with E-state index in [1.807, 2.05) is 43.3 Å².